The number of rotatable bonds is 5. The molecule has 0 amide bonds. The summed E-state index contributed by atoms with van der Waals surface area (Å²) in [6, 6.07) is 16.3. The number of ether oxygens (including phenoxy) is 1. The molecule has 0 aliphatic carbocycles. The van der Waals surface area contributed by atoms with Crippen molar-refractivity contribution in [2.45, 2.75) is 11.8 Å². The molecule has 0 radical (unpaired) electrons. The third-order valence-electron chi connectivity index (χ3n) is 4.81. The fourth-order valence-electron chi connectivity index (χ4n) is 3.34. The van der Waals surface area contributed by atoms with Gasteiger partial charge in [-0.1, -0.05) is 39.7 Å². The van der Waals surface area contributed by atoms with E-state index in [1.807, 2.05) is 6.07 Å². The molecule has 1 N–H and O–H groups in total. The number of fused-ring (bicyclic) bond motifs is 1. The Morgan fingerprint density at radius 1 is 1.09 bits per heavy atom. The highest BCUT2D eigenvalue weighted by molar-refractivity contribution is 9.10. The summed E-state index contributed by atoms with van der Waals surface area (Å²) in [5.41, 5.74) is 0.862. The van der Waals surface area contributed by atoms with E-state index in [0.29, 0.717) is 26.9 Å². The maximum absolute atomic E-state index is 13.1. The van der Waals surface area contributed by atoms with Gasteiger partial charge < -0.3 is 4.74 Å². The standard InChI is InChI=1S/C22H17BrClN3O4S/c1-13-25-18-6-4-3-5-16(18)22(28)27(13)15-8-9-17(24)19(12-15)26-32(29,30)21-11-14(23)7-10-20(21)31-2/h3-12,26H,1-2H3. The highest BCUT2D eigenvalue weighted by Gasteiger charge is 2.22. The number of sulfonamides is 1. The normalized spacial score (nSPS) is 11.5. The van der Waals surface area contributed by atoms with Gasteiger partial charge in [0.2, 0.25) is 0 Å². The molecule has 164 valence electrons. The Morgan fingerprint density at radius 3 is 2.59 bits per heavy atom. The van der Waals surface area contributed by atoms with Crippen LogP contribution in [0.2, 0.25) is 5.02 Å². The molecule has 0 fully saturated rings. The largest absolute Gasteiger partial charge is 0.495 e. The predicted octanol–water partition coefficient (Wildman–Crippen LogP) is 4.92. The lowest BCUT2D eigenvalue weighted by atomic mass is 10.2. The first-order valence-electron chi connectivity index (χ1n) is 9.36. The fraction of sp³-hybridized carbons (Fsp3) is 0.0909. The molecule has 0 spiro atoms. The van der Waals surface area contributed by atoms with Gasteiger partial charge in [-0.05, 0) is 55.5 Å². The molecule has 3 aromatic carbocycles. The molecular formula is C22H17BrClN3O4S. The molecule has 10 heteroatoms. The number of aromatic nitrogens is 2. The molecule has 7 nitrogen and oxygen atoms in total. The minimum absolute atomic E-state index is 0.0587. The highest BCUT2D eigenvalue weighted by Crippen LogP contribution is 2.32. The van der Waals surface area contributed by atoms with Gasteiger partial charge in [-0.25, -0.2) is 13.4 Å². The van der Waals surface area contributed by atoms with E-state index in [4.69, 9.17) is 16.3 Å². The van der Waals surface area contributed by atoms with Crippen molar-refractivity contribution in [1.29, 1.82) is 0 Å². The topological polar surface area (TPSA) is 90.3 Å². The van der Waals surface area contributed by atoms with Gasteiger partial charge in [0.05, 0.1) is 34.4 Å². The number of nitrogens with zero attached hydrogens (tertiary/aromatic N) is 2. The molecule has 0 aliphatic rings. The van der Waals surface area contributed by atoms with E-state index >= 15 is 0 Å². The molecule has 0 saturated carbocycles. The van der Waals surface area contributed by atoms with Crippen LogP contribution in [0.5, 0.6) is 5.75 Å². The summed E-state index contributed by atoms with van der Waals surface area (Å²) >= 11 is 9.56. The number of hydrogen-bond donors (Lipinski definition) is 1. The van der Waals surface area contributed by atoms with Gasteiger partial charge >= 0.3 is 0 Å². The van der Waals surface area contributed by atoms with E-state index < -0.39 is 10.0 Å². The quantitative estimate of drug-likeness (QED) is 0.393. The number of nitrogens with one attached hydrogen (secondary N) is 1. The van der Waals surface area contributed by atoms with Gasteiger partial charge in [-0.3, -0.25) is 14.1 Å². The van der Waals surface area contributed by atoms with Crippen molar-refractivity contribution in [2.24, 2.45) is 0 Å². The number of aryl methyl sites for hydroxylation is 1. The number of hydrogen-bond acceptors (Lipinski definition) is 5. The summed E-state index contributed by atoms with van der Waals surface area (Å²) in [6.45, 7) is 1.71. The predicted molar refractivity (Wildman–Crippen MR) is 129 cm³/mol. The summed E-state index contributed by atoms with van der Waals surface area (Å²) in [5.74, 6) is 0.636. The Bertz CT molecular complexity index is 1520. The van der Waals surface area contributed by atoms with Crippen molar-refractivity contribution < 1.29 is 13.2 Å². The Morgan fingerprint density at radius 2 is 1.84 bits per heavy atom. The van der Waals surface area contributed by atoms with Crippen LogP contribution in [0.3, 0.4) is 0 Å². The van der Waals surface area contributed by atoms with Crippen LogP contribution in [-0.2, 0) is 10.0 Å². The van der Waals surface area contributed by atoms with Crippen molar-refractivity contribution in [3.8, 4) is 11.4 Å². The van der Waals surface area contributed by atoms with Crippen molar-refractivity contribution in [2.75, 3.05) is 11.8 Å². The van der Waals surface area contributed by atoms with Crippen LogP contribution in [0.15, 0.2) is 74.8 Å². The Labute approximate surface area is 197 Å². The highest BCUT2D eigenvalue weighted by atomic mass is 79.9. The summed E-state index contributed by atoms with van der Waals surface area (Å²) < 4.78 is 35.9. The monoisotopic (exact) mass is 533 g/mol. The first-order valence-corrected chi connectivity index (χ1v) is 12.0. The van der Waals surface area contributed by atoms with Crippen LogP contribution in [0.25, 0.3) is 16.6 Å². The third-order valence-corrected chi connectivity index (χ3v) is 7.02. The maximum atomic E-state index is 13.1. The fourth-order valence-corrected chi connectivity index (χ4v) is 5.34. The van der Waals surface area contributed by atoms with Gasteiger partial charge in [0, 0.05) is 4.47 Å². The third kappa shape index (κ3) is 4.11. The van der Waals surface area contributed by atoms with Crippen LogP contribution in [-0.4, -0.2) is 25.1 Å². The molecule has 1 heterocycles. The number of para-hydroxylation sites is 1. The van der Waals surface area contributed by atoms with Crippen LogP contribution in [0.1, 0.15) is 5.82 Å². The van der Waals surface area contributed by atoms with E-state index in [1.165, 1.54) is 29.9 Å². The van der Waals surface area contributed by atoms with E-state index in [2.05, 4.69) is 25.6 Å². The minimum atomic E-state index is -4.05. The van der Waals surface area contributed by atoms with Crippen LogP contribution >= 0.6 is 27.5 Å². The summed E-state index contributed by atoms with van der Waals surface area (Å²) in [6.07, 6.45) is 0. The van der Waals surface area contributed by atoms with Crippen molar-refractivity contribution >= 4 is 54.1 Å². The summed E-state index contributed by atoms with van der Waals surface area (Å²) in [5, 5.41) is 0.625. The molecule has 0 aliphatic heterocycles. The second-order valence-corrected chi connectivity index (χ2v) is 9.86. The van der Waals surface area contributed by atoms with Crippen molar-refractivity contribution in [3.05, 3.63) is 86.3 Å². The molecule has 1 aromatic heterocycles. The lowest BCUT2D eigenvalue weighted by molar-refractivity contribution is 0.403. The Balaban J connectivity index is 1.83. The molecule has 32 heavy (non-hydrogen) atoms. The average molecular weight is 535 g/mol. The van der Waals surface area contributed by atoms with Crippen LogP contribution in [0.4, 0.5) is 5.69 Å². The van der Waals surface area contributed by atoms with E-state index in [0.717, 1.165) is 0 Å². The first-order chi connectivity index (χ1) is 15.2. The Kier molecular flexibility index (Phi) is 5.98. The lowest BCUT2D eigenvalue weighted by Gasteiger charge is -2.15. The first kappa shape index (κ1) is 22.3. The number of anilines is 1. The molecule has 0 unspecified atom stereocenters. The van der Waals surface area contributed by atoms with Crippen LogP contribution in [0, 0.1) is 6.92 Å². The van der Waals surface area contributed by atoms with Gasteiger partial charge in [-0.15, -0.1) is 0 Å². The molecular weight excluding hydrogens is 518 g/mol. The zero-order valence-corrected chi connectivity index (χ0v) is 20.1. The van der Waals surface area contributed by atoms with Crippen molar-refractivity contribution in [1.82, 2.24) is 9.55 Å². The van der Waals surface area contributed by atoms with E-state index in [1.54, 1.807) is 43.3 Å². The van der Waals surface area contributed by atoms with Gasteiger partial charge in [0.15, 0.2) is 0 Å². The van der Waals surface area contributed by atoms with Crippen LogP contribution < -0.4 is 15.0 Å². The lowest BCUT2D eigenvalue weighted by Crippen LogP contribution is -2.22. The molecule has 0 bridgehead atoms. The minimum Gasteiger partial charge on any atom is -0.495 e. The van der Waals surface area contributed by atoms with E-state index in [-0.39, 0.29) is 26.9 Å². The molecule has 4 rings (SSSR count). The average Bonchev–Trinajstić information content (AvgIpc) is 2.75. The zero-order chi connectivity index (χ0) is 23.0. The molecule has 4 aromatic rings. The summed E-state index contributed by atoms with van der Waals surface area (Å²) in [7, 11) is -2.66. The smallest absolute Gasteiger partial charge is 0.265 e. The number of methoxy groups -OCH3 is 1. The van der Waals surface area contributed by atoms with Gasteiger partial charge in [0.1, 0.15) is 16.5 Å². The zero-order valence-electron chi connectivity index (χ0n) is 17.0. The second-order valence-electron chi connectivity index (χ2n) is 6.88. The van der Waals surface area contributed by atoms with Gasteiger partial charge in [-0.2, -0.15) is 0 Å². The molecule has 0 atom stereocenters. The summed E-state index contributed by atoms with van der Waals surface area (Å²) in [4.78, 5) is 17.5. The molecule has 0 saturated heterocycles. The Hall–Kier alpha value is -2.88. The van der Waals surface area contributed by atoms with Gasteiger partial charge in [0.25, 0.3) is 15.6 Å². The number of halogens is 2. The number of benzene rings is 3. The SMILES string of the molecule is COc1ccc(Br)cc1S(=O)(=O)Nc1cc(-n2c(C)nc3ccccc3c2=O)ccc1Cl. The second kappa shape index (κ2) is 8.57. The van der Waals surface area contributed by atoms with E-state index in [9.17, 15) is 13.2 Å². The maximum Gasteiger partial charge on any atom is 0.265 e. The van der Waals surface area contributed by atoms with Crippen molar-refractivity contribution in [3.63, 3.8) is 0 Å².